The number of amides is 2. The second-order valence-electron chi connectivity index (χ2n) is 39.1. The summed E-state index contributed by atoms with van der Waals surface area (Å²) in [6, 6.07) is 72.7. The summed E-state index contributed by atoms with van der Waals surface area (Å²) in [6.07, 6.45) is 11.8. The Kier molecular flexibility index (Phi) is 34.7. The highest BCUT2D eigenvalue weighted by Gasteiger charge is 2.21. The highest BCUT2D eigenvalue weighted by molar-refractivity contribution is 5.94. The third-order valence-electron chi connectivity index (χ3n) is 20.5. The number of benzene rings is 7. The van der Waals surface area contributed by atoms with Crippen molar-refractivity contribution >= 4 is 17.6 Å². The summed E-state index contributed by atoms with van der Waals surface area (Å²) in [5, 5.41) is 7.04. The fraction of sp³-hybridized carbons (Fsp3) is 0.370. The Hall–Kier alpha value is -11.2. The number of H-pyrrole nitrogens is 1. The summed E-state index contributed by atoms with van der Waals surface area (Å²) in [6.45, 7) is 59.4. The SMILES string of the molecule is CC(=O)Cc1ccc(-c2ccc(C(C)(C)C)cc2)cn1.CC(C)(C)c1ccc(-c2ccc(=O)[nH]c2)cc1.CC(C)Cn1cc(-c2ccc(C(C)(C)C)cc2)cn1.CN(C)C(=O)c1cccc(C(C)(C)C)c1.CNC(=O)c1cccc(C(C)(C)C)c1.Cc1ccc(-c2ccc(C(C)(C)C)cc2)c(C)n1.Cc1ccncc1-c1ccc(C(C)(C)C)cc1. The molecule has 0 saturated heterocycles. The van der Waals surface area contributed by atoms with Crippen LogP contribution in [0.5, 0.6) is 0 Å². The van der Waals surface area contributed by atoms with Crippen molar-refractivity contribution in [2.24, 2.45) is 5.92 Å². The normalized spacial score (nSPS) is 11.5. The van der Waals surface area contributed by atoms with Gasteiger partial charge in [0.05, 0.1) is 6.20 Å². The minimum atomic E-state index is -0.0694. The third kappa shape index (κ3) is 31.2. The Labute approximate surface area is 720 Å². The van der Waals surface area contributed by atoms with Gasteiger partial charge in [0.2, 0.25) is 5.56 Å². The fourth-order valence-corrected chi connectivity index (χ4v) is 12.7. The third-order valence-corrected chi connectivity index (χ3v) is 20.5. The summed E-state index contributed by atoms with van der Waals surface area (Å²) >= 11 is 0. The molecule has 0 unspecified atom stereocenters. The summed E-state index contributed by atoms with van der Waals surface area (Å²) < 4.78 is 2.03. The lowest BCUT2D eigenvalue weighted by molar-refractivity contribution is -0.116. The van der Waals surface area contributed by atoms with Gasteiger partial charge in [-0.2, -0.15) is 5.10 Å². The topological polar surface area (TPSA) is 156 Å². The van der Waals surface area contributed by atoms with Crippen LogP contribution in [0.15, 0.2) is 254 Å². The first kappa shape index (κ1) is 97.6. The number of aromatic nitrogens is 6. The maximum absolute atomic E-state index is 11.7. The lowest BCUT2D eigenvalue weighted by atomic mass is 9.86. The highest BCUT2D eigenvalue weighted by Crippen LogP contribution is 2.33. The Morgan fingerprint density at radius 1 is 0.433 bits per heavy atom. The Morgan fingerprint density at radius 3 is 1.21 bits per heavy atom. The van der Waals surface area contributed by atoms with Gasteiger partial charge in [-0.15, -0.1) is 0 Å². The van der Waals surface area contributed by atoms with E-state index in [1.807, 2.05) is 103 Å². The molecule has 12 heteroatoms. The molecule has 12 aromatic rings. The van der Waals surface area contributed by atoms with Crippen LogP contribution in [0.2, 0.25) is 0 Å². The quantitative estimate of drug-likeness (QED) is 0.130. The van der Waals surface area contributed by atoms with E-state index in [4.69, 9.17) is 0 Å². The molecule has 120 heavy (non-hydrogen) atoms. The molecule has 634 valence electrons. The second-order valence-corrected chi connectivity index (χ2v) is 39.1. The van der Waals surface area contributed by atoms with Gasteiger partial charge in [0.15, 0.2) is 0 Å². The zero-order valence-corrected chi connectivity index (χ0v) is 78.0. The van der Waals surface area contributed by atoms with Crippen molar-refractivity contribution in [1.29, 1.82) is 0 Å². The average Bonchev–Trinajstić information content (AvgIpc) is 1.52. The number of hydrogen-bond donors (Lipinski definition) is 2. The van der Waals surface area contributed by atoms with E-state index < -0.39 is 0 Å². The molecular weight excluding hydrogens is 1470 g/mol. The number of carbonyl (C=O) groups is 3. The first-order chi connectivity index (χ1) is 55.8. The summed E-state index contributed by atoms with van der Waals surface area (Å²) in [5.41, 5.74) is 27.6. The van der Waals surface area contributed by atoms with Crippen LogP contribution in [-0.4, -0.2) is 73.4 Å². The molecule has 0 saturated carbocycles. The monoisotopic (exact) mass is 1610 g/mol. The number of nitrogens with zero attached hydrogens (tertiary/aromatic N) is 6. The zero-order valence-electron chi connectivity index (χ0n) is 78.0. The van der Waals surface area contributed by atoms with Gasteiger partial charge in [-0.3, -0.25) is 38.8 Å². The molecule has 2 N–H and O–H groups in total. The van der Waals surface area contributed by atoms with Crippen LogP contribution >= 0.6 is 0 Å². The van der Waals surface area contributed by atoms with E-state index in [9.17, 15) is 19.2 Å². The van der Waals surface area contributed by atoms with Gasteiger partial charge in [-0.1, -0.05) is 317 Å². The molecule has 2 amide bonds. The van der Waals surface area contributed by atoms with Crippen molar-refractivity contribution in [3.8, 4) is 55.6 Å². The van der Waals surface area contributed by atoms with Crippen LogP contribution < -0.4 is 10.9 Å². The number of pyridine rings is 4. The first-order valence-corrected chi connectivity index (χ1v) is 42.0. The molecule has 0 bridgehead atoms. The number of nitrogens with one attached hydrogen (secondary N) is 2. The highest BCUT2D eigenvalue weighted by atomic mass is 16.2. The molecule has 5 aromatic heterocycles. The van der Waals surface area contributed by atoms with E-state index in [1.165, 1.54) is 77.9 Å². The van der Waals surface area contributed by atoms with Crippen LogP contribution in [0.1, 0.15) is 248 Å². The molecular formula is C108H138N8O4. The minimum absolute atomic E-state index is 0.0314. The van der Waals surface area contributed by atoms with E-state index in [2.05, 4.69) is 349 Å². The predicted molar refractivity (Wildman–Crippen MR) is 508 cm³/mol. The maximum Gasteiger partial charge on any atom is 0.253 e. The van der Waals surface area contributed by atoms with Gasteiger partial charge in [0.25, 0.3) is 11.8 Å². The molecule has 0 aliphatic carbocycles. The van der Waals surface area contributed by atoms with Crippen molar-refractivity contribution in [3.63, 3.8) is 0 Å². The summed E-state index contributed by atoms with van der Waals surface area (Å²) in [5.74, 6) is 0.785. The molecule has 0 radical (unpaired) electrons. The molecule has 0 aliphatic heterocycles. The van der Waals surface area contributed by atoms with Gasteiger partial charge in [0, 0.05) is 122 Å². The molecule has 0 atom stereocenters. The molecule has 0 fully saturated rings. The smallest absolute Gasteiger partial charge is 0.253 e. The Bertz CT molecular complexity index is 5270. The van der Waals surface area contributed by atoms with E-state index in [-0.39, 0.29) is 61.1 Å². The maximum atomic E-state index is 11.7. The molecule has 7 aromatic carbocycles. The van der Waals surface area contributed by atoms with E-state index in [0.717, 1.165) is 57.0 Å². The molecule has 0 spiro atoms. The lowest BCUT2D eigenvalue weighted by Gasteiger charge is -2.20. The first-order valence-electron chi connectivity index (χ1n) is 42.0. The summed E-state index contributed by atoms with van der Waals surface area (Å²) in [7, 11) is 5.18. The van der Waals surface area contributed by atoms with E-state index >= 15 is 0 Å². The van der Waals surface area contributed by atoms with Crippen LogP contribution in [0.4, 0.5) is 0 Å². The van der Waals surface area contributed by atoms with Crippen molar-refractivity contribution in [2.75, 3.05) is 21.1 Å². The predicted octanol–water partition coefficient (Wildman–Crippen LogP) is 26.1. The number of aromatic amines is 1. The largest absolute Gasteiger partial charge is 0.355 e. The second kappa shape index (κ2) is 42.6. The van der Waals surface area contributed by atoms with Gasteiger partial charge in [-0.05, 0) is 198 Å². The number of Topliss-reactive ketones (excluding diaryl/α,β-unsaturated/α-hetero) is 1. The van der Waals surface area contributed by atoms with Crippen LogP contribution in [0.25, 0.3) is 55.6 Å². The molecule has 5 heterocycles. The summed E-state index contributed by atoms with van der Waals surface area (Å²) in [4.78, 5) is 62.5. The van der Waals surface area contributed by atoms with Crippen molar-refractivity contribution in [3.05, 3.63) is 333 Å². The zero-order chi connectivity index (χ0) is 89.5. The average molecular weight is 1610 g/mol. The number of carbonyl (C=O) groups excluding carboxylic acids is 3. The van der Waals surface area contributed by atoms with E-state index in [0.29, 0.717) is 12.3 Å². The Balaban J connectivity index is 0.000000218. The van der Waals surface area contributed by atoms with Crippen molar-refractivity contribution in [2.45, 2.75) is 238 Å². The van der Waals surface area contributed by atoms with Crippen LogP contribution in [0, 0.1) is 26.7 Å². The van der Waals surface area contributed by atoms with Gasteiger partial charge in [-0.25, -0.2) is 0 Å². The van der Waals surface area contributed by atoms with Crippen LogP contribution in [0.3, 0.4) is 0 Å². The van der Waals surface area contributed by atoms with Crippen molar-refractivity contribution in [1.82, 2.24) is 39.9 Å². The molecule has 12 rings (SSSR count). The number of rotatable bonds is 11. The number of ketones is 1. The van der Waals surface area contributed by atoms with Gasteiger partial charge in [0.1, 0.15) is 5.78 Å². The number of aryl methyl sites for hydroxylation is 3. The molecule has 12 nitrogen and oxygen atoms in total. The van der Waals surface area contributed by atoms with Gasteiger partial charge < -0.3 is 15.2 Å². The van der Waals surface area contributed by atoms with Gasteiger partial charge >= 0.3 is 0 Å². The Morgan fingerprint density at radius 2 is 0.833 bits per heavy atom. The standard InChI is InChI=1S/C18H21NO.C17H24N2.C17H21N.C16H19N.C15H17NO.C13H19NO.C12H17NO/c1-13(20)11-17-10-7-15(12-19-17)14-5-8-16(9-6-14)18(2,3)4;1-13(2)11-19-12-15(10-18-19)14-6-8-16(9-7-14)17(3,4)5;1-12-6-11-16(13(2)18-12)14-7-9-15(10-8-14)17(3,4)5;1-12-9-10-17-11-15(12)13-5-7-14(8-6-13)16(2,3)4;1-15(2,3)13-7-4-11(5-8-13)12-6-9-14(17)16-10-12;1-13(2,3)11-8-6-7-10(9-11)12(15)14(4)5;1-12(2,3)10-7-5-6-9(8-10)11(14)13-4/h5-10,12H,11H2,1-4H3;6-10,12-13H,11H2,1-5H3;6-11H,1-5H3;5-11H,1-4H3;4-10H,1-3H3,(H,16,17);6-9H,1-5H3;5-8H,1-4H3,(H,13,14). The fourth-order valence-electron chi connectivity index (χ4n) is 12.7. The molecule has 0 aliphatic rings. The minimum Gasteiger partial charge on any atom is -0.355 e. The van der Waals surface area contributed by atoms with Crippen molar-refractivity contribution < 1.29 is 14.4 Å². The van der Waals surface area contributed by atoms with E-state index in [1.54, 1.807) is 45.2 Å². The van der Waals surface area contributed by atoms with Crippen LogP contribution in [-0.2, 0) is 55.7 Å². The lowest BCUT2D eigenvalue weighted by Crippen LogP contribution is -2.22. The number of hydrogen-bond acceptors (Lipinski definition) is 8.